The van der Waals surface area contributed by atoms with Crippen LogP contribution in [-0.4, -0.2) is 0 Å². The van der Waals surface area contributed by atoms with Gasteiger partial charge in [0.1, 0.15) is 12.4 Å². The number of aryl methyl sites for hydroxylation is 2. The molecular formula is C22H23NO. The van der Waals surface area contributed by atoms with E-state index in [0.717, 1.165) is 18.0 Å². The zero-order chi connectivity index (χ0) is 16.8. The molecule has 122 valence electrons. The van der Waals surface area contributed by atoms with Crippen molar-refractivity contribution in [3.05, 3.63) is 95.1 Å². The van der Waals surface area contributed by atoms with Crippen molar-refractivity contribution in [3.8, 4) is 5.75 Å². The van der Waals surface area contributed by atoms with Crippen LogP contribution in [0.1, 0.15) is 22.3 Å². The second-order valence-corrected chi connectivity index (χ2v) is 6.15. The number of ether oxygens (including phenoxy) is 1. The van der Waals surface area contributed by atoms with Gasteiger partial charge in [0.2, 0.25) is 0 Å². The first kappa shape index (κ1) is 16.1. The summed E-state index contributed by atoms with van der Waals surface area (Å²) in [6.45, 7) is 5.65. The monoisotopic (exact) mass is 317 g/mol. The maximum atomic E-state index is 5.82. The van der Waals surface area contributed by atoms with Gasteiger partial charge in [0.25, 0.3) is 0 Å². The number of nitrogens with one attached hydrogen (secondary N) is 1. The van der Waals surface area contributed by atoms with Crippen molar-refractivity contribution >= 4 is 5.69 Å². The molecule has 0 saturated heterocycles. The molecule has 0 aromatic heterocycles. The number of hydrogen-bond acceptors (Lipinski definition) is 2. The van der Waals surface area contributed by atoms with Crippen molar-refractivity contribution in [3.63, 3.8) is 0 Å². The lowest BCUT2D eigenvalue weighted by Crippen LogP contribution is -2.00. The van der Waals surface area contributed by atoms with Crippen molar-refractivity contribution in [2.24, 2.45) is 0 Å². The fraction of sp³-hybridized carbons (Fsp3) is 0.182. The third-order valence-electron chi connectivity index (χ3n) is 3.89. The Balaban J connectivity index is 1.54. The molecule has 0 aliphatic heterocycles. The first-order chi connectivity index (χ1) is 11.7. The van der Waals surface area contributed by atoms with Gasteiger partial charge < -0.3 is 10.1 Å². The predicted octanol–water partition coefficient (Wildman–Crippen LogP) is 5.49. The second kappa shape index (κ2) is 7.69. The van der Waals surface area contributed by atoms with E-state index < -0.39 is 0 Å². The molecule has 0 radical (unpaired) electrons. The molecule has 0 heterocycles. The summed E-state index contributed by atoms with van der Waals surface area (Å²) in [5, 5.41) is 3.48. The summed E-state index contributed by atoms with van der Waals surface area (Å²) in [5.41, 5.74) is 6.14. The molecule has 2 heteroatoms. The Labute approximate surface area is 144 Å². The Morgan fingerprint density at radius 2 is 1.42 bits per heavy atom. The van der Waals surface area contributed by atoms with Crippen LogP contribution in [0.2, 0.25) is 0 Å². The number of rotatable bonds is 6. The molecule has 3 rings (SSSR count). The Morgan fingerprint density at radius 1 is 0.750 bits per heavy atom. The molecule has 0 atom stereocenters. The van der Waals surface area contributed by atoms with Gasteiger partial charge in [-0.1, -0.05) is 48.5 Å². The lowest BCUT2D eigenvalue weighted by Gasteiger charge is -2.10. The third kappa shape index (κ3) is 4.63. The molecule has 0 fully saturated rings. The molecule has 3 aromatic carbocycles. The van der Waals surface area contributed by atoms with Crippen molar-refractivity contribution in [2.75, 3.05) is 5.32 Å². The quantitative estimate of drug-likeness (QED) is 0.648. The van der Waals surface area contributed by atoms with Gasteiger partial charge in [0.15, 0.2) is 0 Å². The van der Waals surface area contributed by atoms with E-state index in [1.807, 2.05) is 30.3 Å². The summed E-state index contributed by atoms with van der Waals surface area (Å²) in [5.74, 6) is 0.897. The highest BCUT2D eigenvalue weighted by Crippen LogP contribution is 2.17. The zero-order valence-corrected chi connectivity index (χ0v) is 14.3. The fourth-order valence-electron chi connectivity index (χ4n) is 2.73. The first-order valence-electron chi connectivity index (χ1n) is 8.27. The lowest BCUT2D eigenvalue weighted by atomic mass is 10.1. The third-order valence-corrected chi connectivity index (χ3v) is 3.89. The van der Waals surface area contributed by atoms with Crippen LogP contribution in [0.15, 0.2) is 72.8 Å². The van der Waals surface area contributed by atoms with E-state index >= 15 is 0 Å². The number of hydrogen-bond donors (Lipinski definition) is 1. The van der Waals surface area contributed by atoms with Gasteiger partial charge in [-0.3, -0.25) is 0 Å². The SMILES string of the molecule is Cc1cc(C)cc(NCc2ccc(OCc3ccccc3)cc2)c1. The standard InChI is InChI=1S/C22H23NO/c1-17-12-18(2)14-21(13-17)23-15-19-8-10-22(11-9-19)24-16-20-6-4-3-5-7-20/h3-14,23H,15-16H2,1-2H3. The summed E-state index contributed by atoms with van der Waals surface area (Å²) in [6.07, 6.45) is 0. The molecule has 0 aliphatic carbocycles. The van der Waals surface area contributed by atoms with Crippen LogP contribution < -0.4 is 10.1 Å². The number of anilines is 1. The van der Waals surface area contributed by atoms with Crippen molar-refractivity contribution in [2.45, 2.75) is 27.0 Å². The van der Waals surface area contributed by atoms with Gasteiger partial charge >= 0.3 is 0 Å². The normalized spacial score (nSPS) is 10.4. The van der Waals surface area contributed by atoms with E-state index in [9.17, 15) is 0 Å². The van der Waals surface area contributed by atoms with Gasteiger partial charge in [0, 0.05) is 12.2 Å². The molecule has 0 spiro atoms. The summed E-state index contributed by atoms with van der Waals surface area (Å²) >= 11 is 0. The molecule has 24 heavy (non-hydrogen) atoms. The minimum atomic E-state index is 0.598. The molecule has 0 unspecified atom stereocenters. The van der Waals surface area contributed by atoms with Gasteiger partial charge in [-0.25, -0.2) is 0 Å². The predicted molar refractivity (Wildman–Crippen MR) is 100 cm³/mol. The van der Waals surface area contributed by atoms with Gasteiger partial charge in [0.05, 0.1) is 0 Å². The average molecular weight is 317 g/mol. The average Bonchev–Trinajstić information content (AvgIpc) is 2.59. The first-order valence-corrected chi connectivity index (χ1v) is 8.27. The molecule has 2 nitrogen and oxygen atoms in total. The summed E-state index contributed by atoms with van der Waals surface area (Å²) in [4.78, 5) is 0. The molecule has 1 N–H and O–H groups in total. The highest BCUT2D eigenvalue weighted by Gasteiger charge is 1.99. The highest BCUT2D eigenvalue weighted by molar-refractivity contribution is 5.48. The summed E-state index contributed by atoms with van der Waals surface area (Å²) in [6, 6.07) is 25.0. The maximum absolute atomic E-state index is 5.82. The summed E-state index contributed by atoms with van der Waals surface area (Å²) in [7, 11) is 0. The molecule has 0 bridgehead atoms. The van der Waals surface area contributed by atoms with Crippen molar-refractivity contribution < 1.29 is 4.74 Å². The highest BCUT2D eigenvalue weighted by atomic mass is 16.5. The zero-order valence-electron chi connectivity index (χ0n) is 14.3. The van der Waals surface area contributed by atoms with E-state index in [2.05, 4.69) is 61.6 Å². The minimum absolute atomic E-state index is 0.598. The van der Waals surface area contributed by atoms with Crippen molar-refractivity contribution in [1.29, 1.82) is 0 Å². The van der Waals surface area contributed by atoms with Crippen molar-refractivity contribution in [1.82, 2.24) is 0 Å². The van der Waals surface area contributed by atoms with Gasteiger partial charge in [-0.2, -0.15) is 0 Å². The Hall–Kier alpha value is -2.74. The van der Waals surface area contributed by atoms with E-state index in [0.29, 0.717) is 6.61 Å². The minimum Gasteiger partial charge on any atom is -0.489 e. The van der Waals surface area contributed by atoms with Gasteiger partial charge in [-0.05, 0) is 60.4 Å². The van der Waals surface area contributed by atoms with Crippen LogP contribution in [0.25, 0.3) is 0 Å². The largest absolute Gasteiger partial charge is 0.489 e. The molecule has 0 amide bonds. The van der Waals surface area contributed by atoms with E-state index in [1.165, 1.54) is 22.3 Å². The lowest BCUT2D eigenvalue weighted by molar-refractivity contribution is 0.306. The van der Waals surface area contributed by atoms with Crippen LogP contribution in [0.5, 0.6) is 5.75 Å². The molecule has 3 aromatic rings. The van der Waals surface area contributed by atoms with E-state index in [1.54, 1.807) is 0 Å². The Morgan fingerprint density at radius 3 is 2.08 bits per heavy atom. The van der Waals surface area contributed by atoms with Crippen LogP contribution in [0, 0.1) is 13.8 Å². The van der Waals surface area contributed by atoms with Crippen LogP contribution in [0.4, 0.5) is 5.69 Å². The maximum Gasteiger partial charge on any atom is 0.119 e. The van der Waals surface area contributed by atoms with E-state index in [-0.39, 0.29) is 0 Å². The van der Waals surface area contributed by atoms with Gasteiger partial charge in [-0.15, -0.1) is 0 Å². The fourth-order valence-corrected chi connectivity index (χ4v) is 2.73. The Kier molecular flexibility index (Phi) is 5.17. The Bertz CT molecular complexity index is 759. The molecule has 0 aliphatic rings. The second-order valence-electron chi connectivity index (χ2n) is 6.15. The number of benzene rings is 3. The molecule has 0 saturated carbocycles. The van der Waals surface area contributed by atoms with E-state index in [4.69, 9.17) is 4.74 Å². The summed E-state index contributed by atoms with van der Waals surface area (Å²) < 4.78 is 5.82. The van der Waals surface area contributed by atoms with Crippen LogP contribution in [0.3, 0.4) is 0 Å². The topological polar surface area (TPSA) is 21.3 Å². The van der Waals surface area contributed by atoms with Crippen LogP contribution >= 0.6 is 0 Å². The van der Waals surface area contributed by atoms with Crippen LogP contribution in [-0.2, 0) is 13.2 Å². The smallest absolute Gasteiger partial charge is 0.119 e. The molecular weight excluding hydrogens is 294 g/mol.